The smallest absolute Gasteiger partial charge is 0.341 e. The minimum atomic E-state index is -0.348. The molecular weight excluding hydrogens is 386 g/mol. The van der Waals surface area contributed by atoms with Crippen LogP contribution in [0.15, 0.2) is 12.3 Å². The van der Waals surface area contributed by atoms with Crippen LogP contribution in [0.2, 0.25) is 0 Å². The first-order valence-electron chi connectivity index (χ1n) is 10.3. The first-order valence-corrected chi connectivity index (χ1v) is 11.1. The van der Waals surface area contributed by atoms with Gasteiger partial charge in [0, 0.05) is 28.8 Å². The minimum absolute atomic E-state index is 0.259. The number of nitrogens with zero attached hydrogens (tertiary/aromatic N) is 2. The summed E-state index contributed by atoms with van der Waals surface area (Å²) < 4.78 is 7.16. The van der Waals surface area contributed by atoms with Crippen LogP contribution >= 0.6 is 11.3 Å². The zero-order valence-electron chi connectivity index (χ0n) is 17.6. The van der Waals surface area contributed by atoms with Crippen molar-refractivity contribution in [3.05, 3.63) is 39.5 Å². The van der Waals surface area contributed by atoms with Crippen LogP contribution in [0.1, 0.15) is 65.7 Å². The van der Waals surface area contributed by atoms with Gasteiger partial charge in [0.05, 0.1) is 18.4 Å². The van der Waals surface area contributed by atoms with Crippen LogP contribution in [-0.2, 0) is 28.9 Å². The van der Waals surface area contributed by atoms with E-state index in [1.54, 1.807) is 19.2 Å². The number of amides is 1. The SMILES string of the molecule is CCOC(=O)c1c(NC(=O)/C=C/c2cnn(CC)c2C)sc2c1CCC(CC)C2. The van der Waals surface area contributed by atoms with Gasteiger partial charge in [0.1, 0.15) is 5.00 Å². The molecule has 0 aliphatic heterocycles. The third-order valence-electron chi connectivity index (χ3n) is 5.52. The number of esters is 1. The van der Waals surface area contributed by atoms with Crippen LogP contribution < -0.4 is 5.32 Å². The second kappa shape index (κ2) is 9.39. The molecule has 0 saturated heterocycles. The Morgan fingerprint density at radius 1 is 1.38 bits per heavy atom. The van der Waals surface area contributed by atoms with Gasteiger partial charge in [-0.1, -0.05) is 13.3 Å². The van der Waals surface area contributed by atoms with Gasteiger partial charge in [0.2, 0.25) is 5.91 Å². The first kappa shape index (κ1) is 21.3. The van der Waals surface area contributed by atoms with E-state index >= 15 is 0 Å². The number of hydrogen-bond acceptors (Lipinski definition) is 5. The monoisotopic (exact) mass is 415 g/mol. The van der Waals surface area contributed by atoms with Crippen molar-refractivity contribution in [2.75, 3.05) is 11.9 Å². The molecule has 2 aromatic rings. The van der Waals surface area contributed by atoms with Gasteiger partial charge in [0.25, 0.3) is 0 Å². The first-order chi connectivity index (χ1) is 14.0. The lowest BCUT2D eigenvalue weighted by Crippen LogP contribution is -2.16. The lowest BCUT2D eigenvalue weighted by atomic mass is 9.85. The lowest BCUT2D eigenvalue weighted by Gasteiger charge is -2.20. The predicted octanol–water partition coefficient (Wildman–Crippen LogP) is 4.62. The molecule has 3 rings (SSSR count). The van der Waals surface area contributed by atoms with E-state index in [0.29, 0.717) is 23.1 Å². The Kier molecular flexibility index (Phi) is 6.90. The lowest BCUT2D eigenvalue weighted by molar-refractivity contribution is -0.111. The van der Waals surface area contributed by atoms with E-state index in [1.165, 1.54) is 22.3 Å². The Morgan fingerprint density at radius 2 is 2.17 bits per heavy atom. The molecule has 1 N–H and O–H groups in total. The molecule has 1 atom stereocenters. The van der Waals surface area contributed by atoms with Crippen LogP contribution in [0.3, 0.4) is 0 Å². The molecule has 0 spiro atoms. The molecule has 1 amide bonds. The van der Waals surface area contributed by atoms with Crippen molar-refractivity contribution in [2.24, 2.45) is 5.92 Å². The summed E-state index contributed by atoms with van der Waals surface area (Å²) in [4.78, 5) is 26.4. The fourth-order valence-corrected chi connectivity index (χ4v) is 5.13. The molecular formula is C22H29N3O3S. The van der Waals surface area contributed by atoms with Gasteiger partial charge >= 0.3 is 5.97 Å². The maximum Gasteiger partial charge on any atom is 0.341 e. The summed E-state index contributed by atoms with van der Waals surface area (Å²) in [5, 5.41) is 7.80. The van der Waals surface area contributed by atoms with Gasteiger partial charge in [-0.3, -0.25) is 9.48 Å². The largest absolute Gasteiger partial charge is 0.462 e. The Bertz CT molecular complexity index is 926. The van der Waals surface area contributed by atoms with E-state index in [-0.39, 0.29) is 11.9 Å². The highest BCUT2D eigenvalue weighted by molar-refractivity contribution is 7.17. The molecule has 0 radical (unpaired) electrons. The number of carbonyl (C=O) groups excluding carboxylic acids is 2. The highest BCUT2D eigenvalue weighted by atomic mass is 32.1. The van der Waals surface area contributed by atoms with Gasteiger partial charge in [-0.2, -0.15) is 5.10 Å². The quantitative estimate of drug-likeness (QED) is 0.529. The van der Waals surface area contributed by atoms with Crippen molar-refractivity contribution in [3.8, 4) is 0 Å². The number of rotatable bonds is 7. The summed E-state index contributed by atoms with van der Waals surface area (Å²) in [7, 11) is 0. The van der Waals surface area contributed by atoms with Crippen LogP contribution in [0.5, 0.6) is 0 Å². The molecule has 2 aromatic heterocycles. The number of fused-ring (bicyclic) bond motifs is 1. The van der Waals surface area contributed by atoms with Gasteiger partial charge in [-0.25, -0.2) is 4.79 Å². The Hall–Kier alpha value is -2.41. The van der Waals surface area contributed by atoms with E-state index in [9.17, 15) is 9.59 Å². The average molecular weight is 416 g/mol. The molecule has 1 unspecified atom stereocenters. The van der Waals surface area contributed by atoms with Crippen LogP contribution in [0.4, 0.5) is 5.00 Å². The maximum atomic E-state index is 12.6. The summed E-state index contributed by atoms with van der Waals surface area (Å²) >= 11 is 1.51. The summed E-state index contributed by atoms with van der Waals surface area (Å²) in [6, 6.07) is 0. The molecule has 0 saturated carbocycles. The predicted molar refractivity (Wildman–Crippen MR) is 116 cm³/mol. The van der Waals surface area contributed by atoms with Crippen molar-refractivity contribution >= 4 is 34.3 Å². The van der Waals surface area contributed by atoms with Crippen molar-refractivity contribution in [2.45, 2.75) is 59.9 Å². The summed E-state index contributed by atoms with van der Waals surface area (Å²) in [6.07, 6.45) is 9.02. The molecule has 2 heterocycles. The average Bonchev–Trinajstić information content (AvgIpc) is 3.25. The van der Waals surface area contributed by atoms with Crippen molar-refractivity contribution in [3.63, 3.8) is 0 Å². The third-order valence-corrected chi connectivity index (χ3v) is 6.69. The Labute approximate surface area is 176 Å². The van der Waals surface area contributed by atoms with Crippen LogP contribution in [0.25, 0.3) is 6.08 Å². The summed E-state index contributed by atoms with van der Waals surface area (Å²) in [6.45, 7) is 9.10. The third kappa shape index (κ3) is 4.61. The van der Waals surface area contributed by atoms with Crippen molar-refractivity contribution in [1.82, 2.24) is 9.78 Å². The number of aryl methyl sites for hydroxylation is 1. The summed E-state index contributed by atoms with van der Waals surface area (Å²) in [5.74, 6) is 0.0295. The van der Waals surface area contributed by atoms with E-state index in [2.05, 4.69) is 17.3 Å². The number of aromatic nitrogens is 2. The van der Waals surface area contributed by atoms with Crippen molar-refractivity contribution < 1.29 is 14.3 Å². The highest BCUT2D eigenvalue weighted by Crippen LogP contribution is 2.40. The number of hydrogen-bond donors (Lipinski definition) is 1. The number of thiophene rings is 1. The van der Waals surface area contributed by atoms with Gasteiger partial charge < -0.3 is 10.1 Å². The molecule has 0 bridgehead atoms. The van der Waals surface area contributed by atoms with E-state index < -0.39 is 0 Å². The fraction of sp³-hybridized carbons (Fsp3) is 0.500. The van der Waals surface area contributed by atoms with Gasteiger partial charge in [-0.15, -0.1) is 11.3 Å². The topological polar surface area (TPSA) is 73.2 Å². The van der Waals surface area contributed by atoms with Crippen LogP contribution in [0, 0.1) is 12.8 Å². The van der Waals surface area contributed by atoms with Gasteiger partial charge in [-0.05, 0) is 57.6 Å². The molecule has 1 aliphatic rings. The fourth-order valence-electron chi connectivity index (χ4n) is 3.77. The van der Waals surface area contributed by atoms with E-state index in [0.717, 1.165) is 49.0 Å². The second-order valence-electron chi connectivity index (χ2n) is 7.27. The second-order valence-corrected chi connectivity index (χ2v) is 8.37. The maximum absolute atomic E-state index is 12.6. The van der Waals surface area contributed by atoms with E-state index in [4.69, 9.17) is 4.74 Å². The molecule has 156 valence electrons. The zero-order chi connectivity index (χ0) is 21.0. The highest BCUT2D eigenvalue weighted by Gasteiger charge is 2.29. The normalized spacial score (nSPS) is 16.1. The van der Waals surface area contributed by atoms with Crippen LogP contribution in [-0.4, -0.2) is 28.3 Å². The zero-order valence-corrected chi connectivity index (χ0v) is 18.4. The summed E-state index contributed by atoms with van der Waals surface area (Å²) in [5.41, 5.74) is 3.51. The molecule has 7 heteroatoms. The van der Waals surface area contributed by atoms with Crippen molar-refractivity contribution in [1.29, 1.82) is 0 Å². The molecule has 29 heavy (non-hydrogen) atoms. The van der Waals surface area contributed by atoms with Gasteiger partial charge in [0.15, 0.2) is 0 Å². The number of ether oxygens (including phenoxy) is 1. The number of carbonyl (C=O) groups is 2. The molecule has 0 aromatic carbocycles. The number of anilines is 1. The minimum Gasteiger partial charge on any atom is -0.462 e. The molecule has 1 aliphatic carbocycles. The molecule has 0 fully saturated rings. The Morgan fingerprint density at radius 3 is 2.83 bits per heavy atom. The van der Waals surface area contributed by atoms with E-state index in [1.807, 2.05) is 18.5 Å². The Balaban J connectivity index is 1.82. The standard InChI is InChI=1S/C22H29N3O3S/c1-5-15-8-10-17-18(12-15)29-21(20(17)22(27)28-7-3)24-19(26)11-9-16-13-23-25(6-2)14(16)4/h9,11,13,15H,5-8,10,12H2,1-4H3,(H,24,26)/b11-9+. The molecule has 6 nitrogen and oxygen atoms in total. The number of nitrogens with one attached hydrogen (secondary N) is 1.